The summed E-state index contributed by atoms with van der Waals surface area (Å²) in [6.45, 7) is 2.65. The van der Waals surface area contributed by atoms with Gasteiger partial charge in [0.05, 0.1) is 5.54 Å². The molecule has 3 rings (SSSR count). The summed E-state index contributed by atoms with van der Waals surface area (Å²) in [6, 6.07) is 0. The maximum Gasteiger partial charge on any atom is 0.221 e. The lowest BCUT2D eigenvalue weighted by molar-refractivity contribution is -0.126. The van der Waals surface area contributed by atoms with E-state index in [4.69, 9.17) is 5.73 Å². The van der Waals surface area contributed by atoms with Gasteiger partial charge in [-0.2, -0.15) is 0 Å². The highest BCUT2D eigenvalue weighted by Gasteiger charge is 2.41. The minimum Gasteiger partial charge on any atom is -0.344 e. The number of halogens is 2. The molecule has 3 N–H and O–H groups in total. The van der Waals surface area contributed by atoms with Crippen LogP contribution in [-0.4, -0.2) is 17.4 Å². The molecule has 2 aliphatic rings. The second-order valence-electron chi connectivity index (χ2n) is 7.57. The van der Waals surface area contributed by atoms with E-state index in [0.29, 0.717) is 13.0 Å². The lowest BCUT2D eigenvalue weighted by atomic mass is 9.71. The summed E-state index contributed by atoms with van der Waals surface area (Å²) in [5.74, 6) is 0.173. The fourth-order valence-electron chi connectivity index (χ4n) is 4.35. The molecule has 7 heteroatoms. The normalized spacial score (nSPS) is 21.0. The Kier molecular flexibility index (Phi) is 8.65. The average molecular weight is 408 g/mol. The molecule has 1 aromatic heterocycles. The topological polar surface area (TPSA) is 68.0 Å². The summed E-state index contributed by atoms with van der Waals surface area (Å²) in [5.41, 5.74) is 6.91. The fraction of sp³-hybridized carbons (Fsp3) is 0.778. The van der Waals surface area contributed by atoms with Crippen molar-refractivity contribution >= 4 is 42.1 Å². The third-order valence-electron chi connectivity index (χ3n) is 5.75. The number of carbonyl (C=O) groups is 1. The van der Waals surface area contributed by atoms with Crippen LogP contribution in [0.1, 0.15) is 74.9 Å². The van der Waals surface area contributed by atoms with Crippen LogP contribution >= 0.6 is 36.2 Å². The Hall–Kier alpha value is -0.360. The second kappa shape index (κ2) is 9.54. The van der Waals surface area contributed by atoms with Crippen LogP contribution in [0.4, 0.5) is 0 Å². The Balaban J connectivity index is 0.00000156. The van der Waals surface area contributed by atoms with Gasteiger partial charge in [-0.15, -0.1) is 36.2 Å². The van der Waals surface area contributed by atoms with Crippen LogP contribution in [0.2, 0.25) is 0 Å². The summed E-state index contributed by atoms with van der Waals surface area (Å²) >= 11 is 1.69. The minimum absolute atomic E-state index is 0. The molecule has 0 spiro atoms. The monoisotopic (exact) mass is 407 g/mol. The molecular weight excluding hydrogens is 377 g/mol. The maximum atomic E-state index is 12.8. The number of aryl methyl sites for hydroxylation is 1. The number of nitrogens with two attached hydrogens (primary N) is 1. The molecule has 0 atom stereocenters. The first-order chi connectivity index (χ1) is 11.1. The van der Waals surface area contributed by atoms with Gasteiger partial charge in [0.2, 0.25) is 5.91 Å². The van der Waals surface area contributed by atoms with Crippen molar-refractivity contribution in [1.82, 2.24) is 10.3 Å². The first kappa shape index (κ1) is 22.7. The summed E-state index contributed by atoms with van der Waals surface area (Å²) in [6.07, 6.45) is 10.8. The van der Waals surface area contributed by atoms with E-state index in [0.717, 1.165) is 36.4 Å². The highest BCUT2D eigenvalue weighted by atomic mass is 35.5. The van der Waals surface area contributed by atoms with Gasteiger partial charge < -0.3 is 11.1 Å². The van der Waals surface area contributed by atoms with E-state index >= 15 is 0 Å². The minimum atomic E-state index is -0.222. The van der Waals surface area contributed by atoms with Crippen molar-refractivity contribution in [2.24, 2.45) is 11.1 Å². The maximum absolute atomic E-state index is 12.8. The Labute approximate surface area is 167 Å². The highest BCUT2D eigenvalue weighted by molar-refractivity contribution is 7.09. The van der Waals surface area contributed by atoms with Crippen molar-refractivity contribution in [3.8, 4) is 0 Å². The number of amides is 1. The van der Waals surface area contributed by atoms with E-state index in [1.165, 1.54) is 32.1 Å². The number of rotatable bonds is 5. The SMILES string of the molecule is Cc1csc(C2(NC(=O)CC3(CN)CCCCC3)CCCC2)n1.Cl.Cl. The van der Waals surface area contributed by atoms with Crippen LogP contribution in [0.3, 0.4) is 0 Å². The van der Waals surface area contributed by atoms with Crippen LogP contribution in [-0.2, 0) is 10.3 Å². The van der Waals surface area contributed by atoms with E-state index in [1.807, 2.05) is 6.92 Å². The number of thiazole rings is 1. The number of aromatic nitrogens is 1. The molecule has 1 amide bonds. The van der Waals surface area contributed by atoms with Crippen molar-refractivity contribution in [1.29, 1.82) is 0 Å². The predicted molar refractivity (Wildman–Crippen MR) is 109 cm³/mol. The van der Waals surface area contributed by atoms with Gasteiger partial charge in [-0.3, -0.25) is 4.79 Å². The van der Waals surface area contributed by atoms with Crippen molar-refractivity contribution < 1.29 is 4.79 Å². The molecular formula is C18H31Cl2N3OS. The highest BCUT2D eigenvalue weighted by Crippen LogP contribution is 2.42. The summed E-state index contributed by atoms with van der Waals surface area (Å²) in [7, 11) is 0. The molecule has 25 heavy (non-hydrogen) atoms. The zero-order valence-corrected chi connectivity index (χ0v) is 17.5. The van der Waals surface area contributed by atoms with Crippen LogP contribution in [0, 0.1) is 12.3 Å². The molecule has 0 radical (unpaired) electrons. The van der Waals surface area contributed by atoms with Crippen LogP contribution in [0.25, 0.3) is 0 Å². The van der Waals surface area contributed by atoms with Crippen LogP contribution in [0.15, 0.2) is 5.38 Å². The summed E-state index contributed by atoms with van der Waals surface area (Å²) in [4.78, 5) is 17.5. The molecule has 2 fully saturated rings. The second-order valence-corrected chi connectivity index (χ2v) is 8.43. The van der Waals surface area contributed by atoms with E-state index in [9.17, 15) is 4.79 Å². The largest absolute Gasteiger partial charge is 0.344 e. The fourth-order valence-corrected chi connectivity index (χ4v) is 5.36. The molecule has 1 aromatic rings. The van der Waals surface area contributed by atoms with E-state index < -0.39 is 0 Å². The number of hydrogen-bond acceptors (Lipinski definition) is 4. The average Bonchev–Trinajstić information content (AvgIpc) is 3.18. The number of nitrogens with zero attached hydrogens (tertiary/aromatic N) is 1. The Morgan fingerprint density at radius 1 is 1.16 bits per heavy atom. The van der Waals surface area contributed by atoms with Crippen molar-refractivity contribution in [2.45, 2.75) is 76.7 Å². The lowest BCUT2D eigenvalue weighted by Gasteiger charge is -2.37. The van der Waals surface area contributed by atoms with Crippen molar-refractivity contribution in [3.63, 3.8) is 0 Å². The first-order valence-electron chi connectivity index (χ1n) is 9.01. The van der Waals surface area contributed by atoms with Crippen molar-refractivity contribution in [2.75, 3.05) is 6.54 Å². The lowest BCUT2D eigenvalue weighted by Crippen LogP contribution is -2.47. The van der Waals surface area contributed by atoms with E-state index in [-0.39, 0.29) is 41.7 Å². The zero-order chi connectivity index (χ0) is 16.3. The molecule has 0 saturated heterocycles. The smallest absolute Gasteiger partial charge is 0.221 e. The summed E-state index contributed by atoms with van der Waals surface area (Å²) < 4.78 is 0. The molecule has 4 nitrogen and oxygen atoms in total. The molecule has 0 unspecified atom stereocenters. The van der Waals surface area contributed by atoms with Crippen molar-refractivity contribution in [3.05, 3.63) is 16.1 Å². The van der Waals surface area contributed by atoms with E-state index in [2.05, 4.69) is 15.7 Å². The molecule has 2 aliphatic carbocycles. The quantitative estimate of drug-likeness (QED) is 0.755. The van der Waals surface area contributed by atoms with Crippen LogP contribution in [0.5, 0.6) is 0 Å². The molecule has 2 saturated carbocycles. The third kappa shape index (κ3) is 5.09. The molecule has 0 aliphatic heterocycles. The number of carbonyl (C=O) groups excluding carboxylic acids is 1. The van der Waals surface area contributed by atoms with Gasteiger partial charge in [0.25, 0.3) is 0 Å². The Morgan fingerprint density at radius 3 is 2.28 bits per heavy atom. The molecule has 0 bridgehead atoms. The molecule has 144 valence electrons. The van der Waals surface area contributed by atoms with Gasteiger partial charge >= 0.3 is 0 Å². The van der Waals surface area contributed by atoms with Gasteiger partial charge in [-0.1, -0.05) is 32.1 Å². The standard InChI is InChI=1S/C18H29N3OS.2ClH/c1-14-12-23-16(20-14)18(9-5-6-10-18)21-15(22)11-17(13-19)7-3-2-4-8-17;;/h12H,2-11,13,19H2,1H3,(H,21,22);2*1H. The predicted octanol–water partition coefficient (Wildman–Crippen LogP) is 4.48. The Bertz CT molecular complexity index is 552. The summed E-state index contributed by atoms with van der Waals surface area (Å²) in [5, 5.41) is 6.56. The number of nitrogens with one attached hydrogen (secondary N) is 1. The zero-order valence-electron chi connectivity index (χ0n) is 15.0. The van der Waals surface area contributed by atoms with Crippen LogP contribution < -0.4 is 11.1 Å². The van der Waals surface area contributed by atoms with Gasteiger partial charge in [-0.25, -0.2) is 4.98 Å². The molecule has 0 aromatic carbocycles. The van der Waals surface area contributed by atoms with Gasteiger partial charge in [0, 0.05) is 17.5 Å². The number of hydrogen-bond donors (Lipinski definition) is 2. The third-order valence-corrected chi connectivity index (χ3v) is 6.91. The van der Waals surface area contributed by atoms with Gasteiger partial charge in [-0.05, 0) is 44.6 Å². The van der Waals surface area contributed by atoms with E-state index in [1.54, 1.807) is 11.3 Å². The van der Waals surface area contributed by atoms with Gasteiger partial charge in [0.15, 0.2) is 0 Å². The first-order valence-corrected chi connectivity index (χ1v) is 9.89. The molecule has 1 heterocycles. The Morgan fingerprint density at radius 2 is 1.76 bits per heavy atom. The van der Waals surface area contributed by atoms with Gasteiger partial charge in [0.1, 0.15) is 5.01 Å².